The molecule has 0 amide bonds. The summed E-state index contributed by atoms with van der Waals surface area (Å²) in [5.74, 6) is 0.414. The van der Waals surface area contributed by atoms with Crippen molar-refractivity contribution in [1.82, 2.24) is 4.31 Å². The van der Waals surface area contributed by atoms with Gasteiger partial charge in [-0.05, 0) is 5.92 Å². The minimum Gasteiger partial charge on any atom is -0.395 e. The van der Waals surface area contributed by atoms with Crippen LogP contribution in [0.2, 0.25) is 0 Å². The molecule has 0 aromatic rings. The van der Waals surface area contributed by atoms with E-state index in [1.54, 1.807) is 0 Å². The summed E-state index contributed by atoms with van der Waals surface area (Å²) in [4.78, 5) is 0. The largest absolute Gasteiger partial charge is 0.395 e. The molecule has 0 aromatic carbocycles. The Labute approximate surface area is 87.0 Å². The first kappa shape index (κ1) is 13.9. The van der Waals surface area contributed by atoms with Gasteiger partial charge in [-0.2, -0.15) is 0 Å². The molecule has 4 nitrogen and oxygen atoms in total. The van der Waals surface area contributed by atoms with Crippen LogP contribution in [0, 0.1) is 5.92 Å². The number of sulfonamides is 1. The number of hydrogen-bond donors (Lipinski definition) is 1. The lowest BCUT2D eigenvalue weighted by Crippen LogP contribution is -2.33. The number of aliphatic hydroxyl groups excluding tert-OH is 1. The second kappa shape index (κ2) is 6.37. The Balaban J connectivity index is 4.32. The van der Waals surface area contributed by atoms with E-state index in [4.69, 9.17) is 5.11 Å². The minimum atomic E-state index is -3.17. The Morgan fingerprint density at radius 2 is 1.79 bits per heavy atom. The van der Waals surface area contributed by atoms with E-state index in [1.807, 2.05) is 13.8 Å². The summed E-state index contributed by atoms with van der Waals surface area (Å²) in [5, 5.41) is 8.64. The number of likely N-dealkylation sites (N-methyl/N-ethyl adjacent to an activating group) is 1. The quantitative estimate of drug-likeness (QED) is 0.690. The van der Waals surface area contributed by atoms with Crippen LogP contribution in [0.15, 0.2) is 0 Å². The lowest BCUT2D eigenvalue weighted by Gasteiger charge is -2.19. The average Bonchev–Trinajstić information content (AvgIpc) is 2.14. The van der Waals surface area contributed by atoms with Gasteiger partial charge in [-0.3, -0.25) is 0 Å². The topological polar surface area (TPSA) is 57.6 Å². The predicted molar refractivity (Wildman–Crippen MR) is 57.6 cm³/mol. The normalized spacial score (nSPS) is 12.7. The van der Waals surface area contributed by atoms with Crippen LogP contribution in [0.3, 0.4) is 0 Å². The lowest BCUT2D eigenvalue weighted by atomic mass is 10.1. The predicted octanol–water partition coefficient (Wildman–Crippen LogP) is 0.676. The molecule has 5 heteroatoms. The van der Waals surface area contributed by atoms with Gasteiger partial charge in [-0.1, -0.05) is 26.7 Å². The molecule has 0 unspecified atom stereocenters. The number of nitrogens with zero attached hydrogens (tertiary/aromatic N) is 1. The van der Waals surface area contributed by atoms with Crippen LogP contribution in [0.25, 0.3) is 0 Å². The maximum atomic E-state index is 11.7. The molecule has 0 bridgehead atoms. The molecule has 14 heavy (non-hydrogen) atoms. The summed E-state index contributed by atoms with van der Waals surface area (Å²) in [6, 6.07) is 0. The highest BCUT2D eigenvalue weighted by Crippen LogP contribution is 2.12. The second-order valence-electron chi connectivity index (χ2n) is 3.51. The van der Waals surface area contributed by atoms with Gasteiger partial charge in [-0.15, -0.1) is 0 Å². The fraction of sp³-hybridized carbons (Fsp3) is 1.00. The summed E-state index contributed by atoms with van der Waals surface area (Å²) < 4.78 is 24.6. The molecule has 86 valence electrons. The average molecular weight is 223 g/mol. The molecule has 0 radical (unpaired) electrons. The highest BCUT2D eigenvalue weighted by molar-refractivity contribution is 7.89. The van der Waals surface area contributed by atoms with E-state index >= 15 is 0 Å². The first-order chi connectivity index (χ1) is 6.47. The smallest absolute Gasteiger partial charge is 0.214 e. The van der Waals surface area contributed by atoms with E-state index in [1.165, 1.54) is 11.4 Å². The first-order valence-corrected chi connectivity index (χ1v) is 6.63. The van der Waals surface area contributed by atoms with Crippen LogP contribution in [0.5, 0.6) is 0 Å². The zero-order valence-corrected chi connectivity index (χ0v) is 10.0. The van der Waals surface area contributed by atoms with Crippen molar-refractivity contribution < 1.29 is 13.5 Å². The standard InChI is InChI=1S/C9H21NO3S/c1-4-9(5-2)8-14(12,13)10(3)6-7-11/h9,11H,4-8H2,1-3H3. The van der Waals surface area contributed by atoms with Gasteiger partial charge in [0.15, 0.2) is 0 Å². The van der Waals surface area contributed by atoms with Crippen LogP contribution in [-0.2, 0) is 10.0 Å². The first-order valence-electron chi connectivity index (χ1n) is 5.02. The van der Waals surface area contributed by atoms with E-state index in [-0.39, 0.29) is 24.8 Å². The number of hydrogen-bond acceptors (Lipinski definition) is 3. The second-order valence-corrected chi connectivity index (χ2v) is 5.63. The molecular weight excluding hydrogens is 202 g/mol. The molecule has 0 aliphatic carbocycles. The Morgan fingerprint density at radius 1 is 1.29 bits per heavy atom. The molecule has 0 spiro atoms. The molecule has 1 N–H and O–H groups in total. The Kier molecular flexibility index (Phi) is 6.31. The van der Waals surface area contributed by atoms with E-state index < -0.39 is 10.0 Å². The third kappa shape index (κ3) is 4.39. The molecule has 0 saturated heterocycles. The van der Waals surface area contributed by atoms with Crippen molar-refractivity contribution >= 4 is 10.0 Å². The van der Waals surface area contributed by atoms with Gasteiger partial charge in [0.25, 0.3) is 0 Å². The van der Waals surface area contributed by atoms with E-state index in [0.29, 0.717) is 0 Å². The maximum Gasteiger partial charge on any atom is 0.214 e. The van der Waals surface area contributed by atoms with Crippen molar-refractivity contribution in [2.75, 3.05) is 26.0 Å². The molecule has 0 fully saturated rings. The van der Waals surface area contributed by atoms with Crippen molar-refractivity contribution in [1.29, 1.82) is 0 Å². The van der Waals surface area contributed by atoms with E-state index in [2.05, 4.69) is 0 Å². The zero-order valence-electron chi connectivity index (χ0n) is 9.23. The summed E-state index contributed by atoms with van der Waals surface area (Å²) in [6.07, 6.45) is 1.76. The van der Waals surface area contributed by atoms with Gasteiger partial charge in [0.1, 0.15) is 0 Å². The summed E-state index contributed by atoms with van der Waals surface area (Å²) in [6.45, 7) is 4.05. The van der Waals surface area contributed by atoms with Crippen LogP contribution in [-0.4, -0.2) is 43.8 Å². The Morgan fingerprint density at radius 3 is 2.14 bits per heavy atom. The maximum absolute atomic E-state index is 11.7. The van der Waals surface area contributed by atoms with Crippen molar-refractivity contribution in [2.45, 2.75) is 26.7 Å². The van der Waals surface area contributed by atoms with Gasteiger partial charge in [-0.25, -0.2) is 12.7 Å². The van der Waals surface area contributed by atoms with E-state index in [0.717, 1.165) is 12.8 Å². The highest BCUT2D eigenvalue weighted by atomic mass is 32.2. The summed E-state index contributed by atoms with van der Waals surface area (Å²) in [7, 11) is -1.66. The van der Waals surface area contributed by atoms with Crippen molar-refractivity contribution in [3.63, 3.8) is 0 Å². The summed E-state index contributed by atoms with van der Waals surface area (Å²) in [5.41, 5.74) is 0. The molecule has 0 aliphatic rings. The van der Waals surface area contributed by atoms with Gasteiger partial charge in [0.2, 0.25) is 10.0 Å². The fourth-order valence-electron chi connectivity index (χ4n) is 1.23. The molecule has 0 saturated carbocycles. The lowest BCUT2D eigenvalue weighted by molar-refractivity contribution is 0.266. The number of rotatable bonds is 7. The third-order valence-electron chi connectivity index (χ3n) is 2.49. The van der Waals surface area contributed by atoms with Crippen molar-refractivity contribution in [3.05, 3.63) is 0 Å². The molecular formula is C9H21NO3S. The summed E-state index contributed by atoms with van der Waals surface area (Å²) >= 11 is 0. The van der Waals surface area contributed by atoms with Crippen molar-refractivity contribution in [3.8, 4) is 0 Å². The molecule has 0 rings (SSSR count). The number of aliphatic hydroxyl groups is 1. The Hall–Kier alpha value is -0.130. The van der Waals surface area contributed by atoms with Crippen LogP contribution >= 0.6 is 0 Å². The van der Waals surface area contributed by atoms with Crippen LogP contribution in [0.1, 0.15) is 26.7 Å². The minimum absolute atomic E-state index is 0.126. The van der Waals surface area contributed by atoms with Crippen LogP contribution in [0.4, 0.5) is 0 Å². The van der Waals surface area contributed by atoms with Gasteiger partial charge < -0.3 is 5.11 Å². The van der Waals surface area contributed by atoms with Crippen LogP contribution < -0.4 is 0 Å². The molecule has 0 heterocycles. The monoisotopic (exact) mass is 223 g/mol. The van der Waals surface area contributed by atoms with Gasteiger partial charge in [0, 0.05) is 13.6 Å². The zero-order chi connectivity index (χ0) is 11.2. The third-order valence-corrected chi connectivity index (χ3v) is 4.52. The van der Waals surface area contributed by atoms with Gasteiger partial charge in [0.05, 0.1) is 12.4 Å². The van der Waals surface area contributed by atoms with Gasteiger partial charge >= 0.3 is 0 Å². The fourth-order valence-corrected chi connectivity index (χ4v) is 2.91. The van der Waals surface area contributed by atoms with Crippen molar-refractivity contribution in [2.24, 2.45) is 5.92 Å². The SMILES string of the molecule is CCC(CC)CS(=O)(=O)N(C)CCO. The highest BCUT2D eigenvalue weighted by Gasteiger charge is 2.20. The molecule has 0 aromatic heterocycles. The Bertz CT molecular complexity index is 234. The molecule has 0 atom stereocenters. The van der Waals surface area contributed by atoms with E-state index in [9.17, 15) is 8.42 Å². The molecule has 0 aliphatic heterocycles.